The smallest absolute Gasteiger partial charge is 0.0851 e. The fraction of sp³-hybridized carbons (Fsp3) is 0.200. The molecule has 116 valence electrons. The van der Waals surface area contributed by atoms with E-state index in [9.17, 15) is 0 Å². The van der Waals surface area contributed by atoms with Crippen molar-refractivity contribution in [2.75, 3.05) is 0 Å². The third-order valence-corrected chi connectivity index (χ3v) is 3.24. The molecule has 2 nitrogen and oxygen atoms in total. The molecule has 2 rings (SSSR count). The van der Waals surface area contributed by atoms with E-state index in [-0.39, 0.29) is 0 Å². The third kappa shape index (κ3) is 6.80. The van der Waals surface area contributed by atoms with Crippen molar-refractivity contribution in [1.29, 1.82) is 0 Å². The molecule has 0 saturated carbocycles. The van der Waals surface area contributed by atoms with Crippen LogP contribution >= 0.6 is 0 Å². The molecule has 3 N–H and O–H groups in total. The Morgan fingerprint density at radius 1 is 0.955 bits per heavy atom. The summed E-state index contributed by atoms with van der Waals surface area (Å²) in [5.74, 6) is 0.291. The van der Waals surface area contributed by atoms with Crippen molar-refractivity contribution >= 4 is 0 Å². The molecule has 2 heteroatoms. The Morgan fingerprint density at radius 3 is 2.05 bits per heavy atom. The van der Waals surface area contributed by atoms with Crippen LogP contribution in [0.1, 0.15) is 24.8 Å². The van der Waals surface area contributed by atoms with Crippen LogP contribution in [0.25, 0.3) is 11.1 Å². The number of benzene rings is 2. The van der Waals surface area contributed by atoms with Gasteiger partial charge in [0.15, 0.2) is 0 Å². The molecule has 0 aromatic heterocycles. The number of hydrogen-bond acceptors (Lipinski definition) is 2. The SMILES string of the molecule is C=C(O)CCCCc1ccc(-c2ccccc2)cc1.C=CN. The van der Waals surface area contributed by atoms with E-state index in [0.29, 0.717) is 12.2 Å². The van der Waals surface area contributed by atoms with Crippen LogP contribution in [0.3, 0.4) is 0 Å². The lowest BCUT2D eigenvalue weighted by molar-refractivity contribution is 0.385. The van der Waals surface area contributed by atoms with Gasteiger partial charge in [-0.25, -0.2) is 0 Å². The number of aliphatic hydroxyl groups excluding tert-OH is 1. The number of hydrogen-bond donors (Lipinski definition) is 2. The second-order valence-electron chi connectivity index (χ2n) is 5.07. The molecular weight excluding hydrogens is 270 g/mol. The summed E-state index contributed by atoms with van der Waals surface area (Å²) in [5, 5.41) is 9.02. The molecule has 0 heterocycles. The van der Waals surface area contributed by atoms with E-state index < -0.39 is 0 Å². The Labute approximate surface area is 133 Å². The molecule has 0 aliphatic rings. The third-order valence-electron chi connectivity index (χ3n) is 3.24. The van der Waals surface area contributed by atoms with E-state index in [2.05, 4.69) is 67.4 Å². The molecular formula is C20H25NO. The molecule has 2 aromatic carbocycles. The first-order valence-corrected chi connectivity index (χ1v) is 7.51. The Kier molecular flexibility index (Phi) is 8.21. The molecule has 0 saturated heterocycles. The highest BCUT2D eigenvalue weighted by Crippen LogP contribution is 2.20. The Hall–Kier alpha value is -2.48. The average Bonchev–Trinajstić information content (AvgIpc) is 2.54. The van der Waals surface area contributed by atoms with Crippen LogP contribution in [-0.4, -0.2) is 5.11 Å². The van der Waals surface area contributed by atoms with Crippen LogP contribution in [0.15, 0.2) is 79.7 Å². The van der Waals surface area contributed by atoms with Gasteiger partial charge in [0.1, 0.15) is 0 Å². The van der Waals surface area contributed by atoms with Crippen molar-refractivity contribution in [3.63, 3.8) is 0 Å². The second-order valence-corrected chi connectivity index (χ2v) is 5.07. The van der Waals surface area contributed by atoms with E-state index in [1.807, 2.05) is 6.07 Å². The van der Waals surface area contributed by atoms with Gasteiger partial charge >= 0.3 is 0 Å². The second kappa shape index (κ2) is 10.3. The van der Waals surface area contributed by atoms with Crippen LogP contribution in [0.5, 0.6) is 0 Å². The predicted molar refractivity (Wildman–Crippen MR) is 95.6 cm³/mol. The van der Waals surface area contributed by atoms with E-state index in [1.54, 1.807) is 0 Å². The van der Waals surface area contributed by atoms with Gasteiger partial charge in [0.2, 0.25) is 0 Å². The molecule has 0 unspecified atom stereocenters. The van der Waals surface area contributed by atoms with Gasteiger partial charge in [0.05, 0.1) is 5.76 Å². The van der Waals surface area contributed by atoms with Gasteiger partial charge in [0.25, 0.3) is 0 Å². The number of aryl methyl sites for hydroxylation is 1. The molecule has 0 aliphatic heterocycles. The molecule has 0 spiro atoms. The van der Waals surface area contributed by atoms with Crippen molar-refractivity contribution < 1.29 is 5.11 Å². The van der Waals surface area contributed by atoms with Gasteiger partial charge in [-0.15, -0.1) is 0 Å². The highest BCUT2D eigenvalue weighted by Gasteiger charge is 1.98. The maximum Gasteiger partial charge on any atom is 0.0851 e. The van der Waals surface area contributed by atoms with Crippen LogP contribution in [0, 0.1) is 0 Å². The summed E-state index contributed by atoms with van der Waals surface area (Å²) >= 11 is 0. The fourth-order valence-electron chi connectivity index (χ4n) is 2.15. The normalized spacial score (nSPS) is 9.45. The van der Waals surface area contributed by atoms with Crippen LogP contribution in [0.2, 0.25) is 0 Å². The summed E-state index contributed by atoms with van der Waals surface area (Å²) in [6, 6.07) is 19.1. The van der Waals surface area contributed by atoms with E-state index >= 15 is 0 Å². The maximum atomic E-state index is 9.02. The fourth-order valence-corrected chi connectivity index (χ4v) is 2.15. The van der Waals surface area contributed by atoms with Crippen LogP contribution < -0.4 is 5.73 Å². The Balaban J connectivity index is 0.000000745. The first kappa shape index (κ1) is 17.6. The van der Waals surface area contributed by atoms with Gasteiger partial charge in [-0.3, -0.25) is 0 Å². The van der Waals surface area contributed by atoms with Gasteiger partial charge in [0, 0.05) is 6.42 Å². The minimum Gasteiger partial charge on any atom is -0.513 e. The molecule has 0 bridgehead atoms. The number of unbranched alkanes of at least 4 members (excludes halogenated alkanes) is 1. The molecule has 0 aliphatic carbocycles. The zero-order chi connectivity index (χ0) is 16.2. The minimum absolute atomic E-state index is 0.291. The summed E-state index contributed by atoms with van der Waals surface area (Å²) in [7, 11) is 0. The molecule has 2 aromatic rings. The topological polar surface area (TPSA) is 46.2 Å². The highest BCUT2D eigenvalue weighted by atomic mass is 16.3. The standard InChI is InChI=1S/C18H20O.C2H5N/c1-15(19)7-5-6-8-16-11-13-18(14-12-16)17-9-3-2-4-10-17;1-2-3/h2-4,9-14,19H,1,5-8H2;2H,1,3H2. The van der Waals surface area contributed by atoms with Crippen molar-refractivity contribution in [1.82, 2.24) is 0 Å². The summed E-state index contributed by atoms with van der Waals surface area (Å²) in [5.41, 5.74) is 8.47. The van der Waals surface area contributed by atoms with Crippen molar-refractivity contribution in [2.24, 2.45) is 5.73 Å². The van der Waals surface area contributed by atoms with Crippen molar-refractivity contribution in [3.05, 3.63) is 85.3 Å². The quantitative estimate of drug-likeness (QED) is 0.566. The summed E-state index contributed by atoms with van der Waals surface area (Å²) in [4.78, 5) is 0. The van der Waals surface area contributed by atoms with E-state index in [0.717, 1.165) is 19.3 Å². The van der Waals surface area contributed by atoms with Crippen LogP contribution in [0.4, 0.5) is 0 Å². The number of aliphatic hydroxyl groups is 1. The summed E-state index contributed by atoms with van der Waals surface area (Å²) in [6.07, 6.45) is 5.10. The van der Waals surface area contributed by atoms with Crippen LogP contribution in [-0.2, 0) is 6.42 Å². The average molecular weight is 295 g/mol. The Bertz CT molecular complexity index is 558. The lowest BCUT2D eigenvalue weighted by Crippen LogP contribution is -1.87. The molecule has 0 amide bonds. The Morgan fingerprint density at radius 2 is 1.50 bits per heavy atom. The first-order chi connectivity index (χ1) is 10.7. The molecule has 0 atom stereocenters. The number of rotatable bonds is 6. The van der Waals surface area contributed by atoms with Gasteiger partial charge < -0.3 is 10.8 Å². The van der Waals surface area contributed by atoms with Gasteiger partial charge in [-0.1, -0.05) is 67.8 Å². The van der Waals surface area contributed by atoms with Gasteiger partial charge in [-0.05, 0) is 42.2 Å². The molecule has 0 fully saturated rings. The van der Waals surface area contributed by atoms with Crippen molar-refractivity contribution in [2.45, 2.75) is 25.7 Å². The van der Waals surface area contributed by atoms with Gasteiger partial charge in [-0.2, -0.15) is 0 Å². The largest absolute Gasteiger partial charge is 0.513 e. The highest BCUT2D eigenvalue weighted by molar-refractivity contribution is 5.63. The zero-order valence-electron chi connectivity index (χ0n) is 13.0. The monoisotopic (exact) mass is 295 g/mol. The predicted octanol–water partition coefficient (Wildman–Crippen LogP) is 5.23. The summed E-state index contributed by atoms with van der Waals surface area (Å²) in [6.45, 7) is 6.64. The van der Waals surface area contributed by atoms with E-state index in [4.69, 9.17) is 5.11 Å². The molecule has 0 radical (unpaired) electrons. The summed E-state index contributed by atoms with van der Waals surface area (Å²) < 4.78 is 0. The zero-order valence-corrected chi connectivity index (χ0v) is 13.0. The van der Waals surface area contributed by atoms with Crippen molar-refractivity contribution in [3.8, 4) is 11.1 Å². The lowest BCUT2D eigenvalue weighted by Gasteiger charge is -2.04. The lowest BCUT2D eigenvalue weighted by atomic mass is 10.0. The van der Waals surface area contributed by atoms with E-state index in [1.165, 1.54) is 22.9 Å². The maximum absolute atomic E-state index is 9.02. The molecule has 22 heavy (non-hydrogen) atoms. The number of allylic oxidation sites excluding steroid dienone is 1. The number of nitrogens with two attached hydrogens (primary N) is 1. The first-order valence-electron chi connectivity index (χ1n) is 7.51. The minimum atomic E-state index is 0.291.